The molecule has 1 aliphatic rings. The van der Waals surface area contributed by atoms with Crippen molar-refractivity contribution in [3.8, 4) is 0 Å². The Labute approximate surface area is 148 Å². The second-order valence-electron chi connectivity index (χ2n) is 7.88. The zero-order chi connectivity index (χ0) is 16.8. The zero-order valence-corrected chi connectivity index (χ0v) is 15.7. The van der Waals surface area contributed by atoms with Gasteiger partial charge in [0.25, 0.3) is 0 Å². The Hall–Kier alpha value is -1.30. The zero-order valence-electron chi connectivity index (χ0n) is 15.7. The molecule has 0 heteroatoms. The highest BCUT2D eigenvalue weighted by Gasteiger charge is 2.21. The molecule has 3 rings (SSSR count). The highest BCUT2D eigenvalue weighted by molar-refractivity contribution is 5.84. The summed E-state index contributed by atoms with van der Waals surface area (Å²) in [7, 11) is 0. The van der Waals surface area contributed by atoms with Crippen LogP contribution in [-0.2, 0) is 6.42 Å². The van der Waals surface area contributed by atoms with Crippen LogP contribution >= 0.6 is 0 Å². The highest BCUT2D eigenvalue weighted by atomic mass is 14.3. The fourth-order valence-electron chi connectivity index (χ4n) is 4.38. The minimum absolute atomic E-state index is 0.797. The lowest BCUT2D eigenvalue weighted by Crippen LogP contribution is -2.12. The molecular weight excluding hydrogens is 288 g/mol. The van der Waals surface area contributed by atoms with E-state index in [1.165, 1.54) is 80.5 Å². The Kier molecular flexibility index (Phi) is 6.35. The Morgan fingerprint density at radius 1 is 0.792 bits per heavy atom. The maximum Gasteiger partial charge on any atom is -0.0162 e. The van der Waals surface area contributed by atoms with Gasteiger partial charge in [0, 0.05) is 0 Å². The van der Waals surface area contributed by atoms with Crippen LogP contribution in [0.4, 0.5) is 0 Å². The van der Waals surface area contributed by atoms with Crippen LogP contribution in [0.1, 0.15) is 88.7 Å². The maximum atomic E-state index is 2.47. The van der Waals surface area contributed by atoms with Crippen molar-refractivity contribution in [1.82, 2.24) is 0 Å². The summed E-state index contributed by atoms with van der Waals surface area (Å²) in [4.78, 5) is 0. The predicted octanol–water partition coefficient (Wildman–Crippen LogP) is 7.65. The smallest absolute Gasteiger partial charge is 0.0162 e. The van der Waals surface area contributed by atoms with Crippen molar-refractivity contribution >= 4 is 10.8 Å². The van der Waals surface area contributed by atoms with E-state index in [1.54, 1.807) is 5.56 Å². The first-order valence-electron chi connectivity index (χ1n) is 10.3. The van der Waals surface area contributed by atoms with Gasteiger partial charge in [-0.25, -0.2) is 0 Å². The van der Waals surface area contributed by atoms with E-state index in [-0.39, 0.29) is 0 Å². The molecule has 0 N–H and O–H groups in total. The molecule has 0 aromatic heterocycles. The predicted molar refractivity (Wildman–Crippen MR) is 107 cm³/mol. The van der Waals surface area contributed by atoms with E-state index >= 15 is 0 Å². The van der Waals surface area contributed by atoms with Gasteiger partial charge in [-0.3, -0.25) is 0 Å². The van der Waals surface area contributed by atoms with Crippen molar-refractivity contribution in [3.05, 3.63) is 47.5 Å². The van der Waals surface area contributed by atoms with E-state index in [9.17, 15) is 0 Å². The first kappa shape index (κ1) is 17.5. The monoisotopic (exact) mass is 322 g/mol. The third-order valence-corrected chi connectivity index (χ3v) is 6.14. The van der Waals surface area contributed by atoms with Gasteiger partial charge in [-0.1, -0.05) is 75.9 Å². The molecule has 0 atom stereocenters. The van der Waals surface area contributed by atoms with Crippen molar-refractivity contribution in [2.45, 2.75) is 84.0 Å². The summed E-state index contributed by atoms with van der Waals surface area (Å²) in [5, 5.41) is 2.86. The number of hydrogen-bond donors (Lipinski definition) is 0. The van der Waals surface area contributed by atoms with Crippen LogP contribution in [0, 0.1) is 5.92 Å². The van der Waals surface area contributed by atoms with Crippen molar-refractivity contribution < 1.29 is 0 Å². The Bertz CT molecular complexity index is 632. The van der Waals surface area contributed by atoms with Gasteiger partial charge in [0.15, 0.2) is 0 Å². The van der Waals surface area contributed by atoms with Gasteiger partial charge in [-0.15, -0.1) is 0 Å². The van der Waals surface area contributed by atoms with Crippen LogP contribution in [0.25, 0.3) is 10.8 Å². The number of fused-ring (bicyclic) bond motifs is 1. The molecule has 0 unspecified atom stereocenters. The van der Waals surface area contributed by atoms with Crippen LogP contribution < -0.4 is 0 Å². The van der Waals surface area contributed by atoms with Crippen LogP contribution in [0.3, 0.4) is 0 Å². The van der Waals surface area contributed by atoms with E-state index in [4.69, 9.17) is 0 Å². The fraction of sp³-hybridized carbons (Fsp3) is 0.583. The summed E-state index contributed by atoms with van der Waals surface area (Å²) in [5.74, 6) is 1.78. The summed E-state index contributed by atoms with van der Waals surface area (Å²) >= 11 is 0. The topological polar surface area (TPSA) is 0 Å². The third-order valence-electron chi connectivity index (χ3n) is 6.14. The summed E-state index contributed by atoms with van der Waals surface area (Å²) in [6.45, 7) is 4.63. The summed E-state index contributed by atoms with van der Waals surface area (Å²) in [5.41, 5.74) is 3.09. The lowest BCUT2D eigenvalue weighted by atomic mass is 9.77. The molecule has 130 valence electrons. The van der Waals surface area contributed by atoms with Gasteiger partial charge >= 0.3 is 0 Å². The number of unbranched alkanes of at least 4 members (excludes halogenated alkanes) is 3. The number of aryl methyl sites for hydroxylation is 1. The molecule has 0 bridgehead atoms. The summed E-state index contributed by atoms with van der Waals surface area (Å²) < 4.78 is 0. The third kappa shape index (κ3) is 4.41. The normalized spacial score (nSPS) is 21.2. The van der Waals surface area contributed by atoms with Gasteiger partial charge in [-0.2, -0.15) is 0 Å². The van der Waals surface area contributed by atoms with Crippen molar-refractivity contribution in [1.29, 1.82) is 0 Å². The maximum absolute atomic E-state index is 2.47. The van der Waals surface area contributed by atoms with Gasteiger partial charge in [-0.05, 0) is 72.3 Å². The molecule has 1 fully saturated rings. The minimum Gasteiger partial charge on any atom is -0.0654 e. The van der Waals surface area contributed by atoms with Crippen molar-refractivity contribution in [2.75, 3.05) is 0 Å². The minimum atomic E-state index is 0.797. The molecule has 0 nitrogen and oxygen atoms in total. The van der Waals surface area contributed by atoms with Gasteiger partial charge in [0.1, 0.15) is 0 Å². The van der Waals surface area contributed by atoms with Crippen molar-refractivity contribution in [2.24, 2.45) is 5.92 Å². The first-order valence-corrected chi connectivity index (χ1v) is 10.3. The standard InChI is InChI=1S/C24H34/c1-3-5-6-7-8-20-11-14-24-18-23(16-15-22(24)17-20)21-12-9-19(4-2)10-13-21/h11,14-19,21H,3-10,12-13H2,1-2H3. The lowest BCUT2D eigenvalue weighted by molar-refractivity contribution is 0.319. The molecule has 1 aliphatic carbocycles. The molecule has 0 radical (unpaired) electrons. The van der Waals surface area contributed by atoms with E-state index in [1.807, 2.05) is 0 Å². The van der Waals surface area contributed by atoms with Crippen LogP contribution in [0.5, 0.6) is 0 Å². The van der Waals surface area contributed by atoms with Crippen LogP contribution in [-0.4, -0.2) is 0 Å². The molecule has 0 saturated heterocycles. The SMILES string of the molecule is CCCCCCc1ccc2cc(C3CCC(CC)CC3)ccc2c1. The quantitative estimate of drug-likeness (QED) is 0.459. The Balaban J connectivity index is 1.66. The average molecular weight is 323 g/mol. The molecule has 24 heavy (non-hydrogen) atoms. The molecule has 2 aromatic rings. The van der Waals surface area contributed by atoms with Gasteiger partial charge in [0.05, 0.1) is 0 Å². The van der Waals surface area contributed by atoms with E-state index < -0.39 is 0 Å². The molecule has 0 heterocycles. The van der Waals surface area contributed by atoms with Crippen LogP contribution in [0.2, 0.25) is 0 Å². The summed E-state index contributed by atoms with van der Waals surface area (Å²) in [6.07, 6.45) is 13.6. The van der Waals surface area contributed by atoms with E-state index in [0.29, 0.717) is 0 Å². The van der Waals surface area contributed by atoms with Gasteiger partial charge in [0.2, 0.25) is 0 Å². The van der Waals surface area contributed by atoms with Crippen LogP contribution in [0.15, 0.2) is 36.4 Å². The largest absolute Gasteiger partial charge is 0.0654 e. The van der Waals surface area contributed by atoms with E-state index in [0.717, 1.165) is 11.8 Å². The number of hydrogen-bond acceptors (Lipinski definition) is 0. The first-order chi connectivity index (χ1) is 11.8. The number of benzene rings is 2. The highest BCUT2D eigenvalue weighted by Crippen LogP contribution is 2.37. The molecule has 2 aromatic carbocycles. The van der Waals surface area contributed by atoms with Crippen molar-refractivity contribution in [3.63, 3.8) is 0 Å². The Morgan fingerprint density at radius 3 is 2.29 bits per heavy atom. The Morgan fingerprint density at radius 2 is 1.54 bits per heavy atom. The molecule has 0 aliphatic heterocycles. The second kappa shape index (κ2) is 8.70. The molecular formula is C24H34. The van der Waals surface area contributed by atoms with E-state index in [2.05, 4.69) is 50.2 Å². The molecule has 0 amide bonds. The molecule has 1 saturated carbocycles. The van der Waals surface area contributed by atoms with Gasteiger partial charge < -0.3 is 0 Å². The fourth-order valence-corrected chi connectivity index (χ4v) is 4.38. The summed E-state index contributed by atoms with van der Waals surface area (Å²) in [6, 6.07) is 14.4. The second-order valence-corrected chi connectivity index (χ2v) is 7.88. The molecule has 0 spiro atoms. The number of rotatable bonds is 7. The lowest BCUT2D eigenvalue weighted by Gasteiger charge is -2.28. The average Bonchev–Trinajstić information content (AvgIpc) is 2.65.